The third-order valence-electron chi connectivity index (χ3n) is 18.3. The topological polar surface area (TPSA) is 231 Å². The first-order valence-corrected chi connectivity index (χ1v) is 47.7. The van der Waals surface area contributed by atoms with Gasteiger partial charge in [0.15, 0.2) is 6.10 Å². The summed E-state index contributed by atoms with van der Waals surface area (Å²) in [4.78, 5) is 58.9. The second-order valence-corrected chi connectivity index (χ2v) is 32.2. The number of aliphatic hydroxyl groups is 2. The molecule has 0 saturated carbocycles. The lowest BCUT2D eigenvalue weighted by Gasteiger charge is -2.21. The molecule has 0 saturated heterocycles. The van der Waals surface area contributed by atoms with Crippen LogP contribution in [0.15, 0.2) is 194 Å². The molecule has 0 aromatic carbocycles. The lowest BCUT2D eigenvalue weighted by Crippen LogP contribution is -2.29. The van der Waals surface area contributed by atoms with Gasteiger partial charge in [-0.2, -0.15) is 0 Å². The van der Waals surface area contributed by atoms with Gasteiger partial charge in [0.1, 0.15) is 25.4 Å². The highest BCUT2D eigenvalue weighted by atomic mass is 31.2. The summed E-state index contributed by atoms with van der Waals surface area (Å²) in [5.74, 6) is -1.69. The molecule has 0 aliphatic heterocycles. The summed E-state index contributed by atoms with van der Waals surface area (Å²) in [7, 11) is -9.84. The predicted molar refractivity (Wildman–Crippen MR) is 481 cm³/mol. The molecule has 0 spiro atoms. The summed E-state index contributed by atoms with van der Waals surface area (Å²) in [5, 5.41) is 20.7. The Bertz CT molecular complexity index is 2870. The number of rotatable bonds is 83. The first kappa shape index (κ1) is 109. The summed E-state index contributed by atoms with van der Waals surface area (Å²) < 4.78 is 61.3. The van der Waals surface area contributed by atoms with Gasteiger partial charge in [0.2, 0.25) is 0 Å². The molecule has 0 fully saturated rings. The molecule has 0 bridgehead atoms. The third-order valence-corrected chi connectivity index (χ3v) is 20.2. The second-order valence-electron chi connectivity index (χ2n) is 29.3. The second kappa shape index (κ2) is 87.7. The van der Waals surface area contributed by atoms with Crippen LogP contribution in [0.5, 0.6) is 0 Å². The molecule has 0 aliphatic rings. The van der Waals surface area contributed by atoms with Crippen LogP contribution in [0.4, 0.5) is 0 Å². The molecule has 654 valence electrons. The Morgan fingerprint density at radius 2 is 0.478 bits per heavy atom. The van der Waals surface area contributed by atoms with E-state index in [9.17, 15) is 43.5 Å². The van der Waals surface area contributed by atoms with Crippen molar-refractivity contribution in [2.75, 3.05) is 39.6 Å². The number of hydrogen-bond donors (Lipinski definition) is 4. The molecular weight excluding hydrogens is 1480 g/mol. The molecule has 5 unspecified atom stereocenters. The Morgan fingerprint density at radius 3 is 0.765 bits per heavy atom. The van der Waals surface area contributed by atoms with Gasteiger partial charge in [-0.25, -0.2) is 9.13 Å². The van der Waals surface area contributed by atoms with Crippen molar-refractivity contribution in [3.63, 3.8) is 0 Å². The number of carbonyl (C=O) groups excluding carboxylic acids is 3. The number of esters is 3. The van der Waals surface area contributed by atoms with Crippen molar-refractivity contribution in [2.45, 2.75) is 360 Å². The van der Waals surface area contributed by atoms with E-state index in [0.29, 0.717) is 25.7 Å². The van der Waals surface area contributed by atoms with Crippen LogP contribution in [-0.4, -0.2) is 95.9 Å². The van der Waals surface area contributed by atoms with Gasteiger partial charge in [0, 0.05) is 19.3 Å². The number of hydrogen-bond acceptors (Lipinski definition) is 14. The lowest BCUT2D eigenvalue weighted by atomic mass is 10.0. The smallest absolute Gasteiger partial charge is 0.463 e. The zero-order chi connectivity index (χ0) is 83.6. The van der Waals surface area contributed by atoms with E-state index in [-0.39, 0.29) is 19.3 Å². The number of ether oxygens (including phenoxy) is 3. The molecule has 0 aromatic rings. The van der Waals surface area contributed by atoms with Crippen molar-refractivity contribution in [3.8, 4) is 0 Å². The van der Waals surface area contributed by atoms with Gasteiger partial charge < -0.3 is 34.2 Å². The van der Waals surface area contributed by atoms with Gasteiger partial charge >= 0.3 is 33.6 Å². The van der Waals surface area contributed by atoms with Gasteiger partial charge in [-0.1, -0.05) is 363 Å². The van der Waals surface area contributed by atoms with Crippen molar-refractivity contribution in [2.24, 2.45) is 0 Å². The summed E-state index contributed by atoms with van der Waals surface area (Å²) in [6.07, 6.45) is 116. The molecule has 5 atom stereocenters. The van der Waals surface area contributed by atoms with Crippen LogP contribution < -0.4 is 0 Å². The van der Waals surface area contributed by atoms with E-state index >= 15 is 0 Å². The molecule has 0 rings (SSSR count). The number of allylic oxidation sites excluding steroid dienone is 32. The fourth-order valence-electron chi connectivity index (χ4n) is 11.6. The van der Waals surface area contributed by atoms with Gasteiger partial charge in [0.25, 0.3) is 0 Å². The molecule has 115 heavy (non-hydrogen) atoms. The van der Waals surface area contributed by atoms with E-state index in [1.165, 1.54) is 122 Å². The molecular formula is C97H160O16P2. The summed E-state index contributed by atoms with van der Waals surface area (Å²) in [5.41, 5.74) is 0. The minimum absolute atomic E-state index is 0.0296. The Hall–Kier alpha value is -5.61. The minimum Gasteiger partial charge on any atom is -0.463 e. The molecule has 4 N–H and O–H groups in total. The Kier molecular flexibility index (Phi) is 83.4. The van der Waals surface area contributed by atoms with E-state index in [0.717, 1.165) is 154 Å². The monoisotopic (exact) mass is 1640 g/mol. The Morgan fingerprint density at radius 1 is 0.252 bits per heavy atom. The van der Waals surface area contributed by atoms with Gasteiger partial charge in [-0.05, 0) is 154 Å². The summed E-state index contributed by atoms with van der Waals surface area (Å²) in [6, 6.07) is 0. The van der Waals surface area contributed by atoms with Gasteiger partial charge in [-0.15, -0.1) is 0 Å². The van der Waals surface area contributed by atoms with Crippen LogP contribution in [0.1, 0.15) is 342 Å². The van der Waals surface area contributed by atoms with Crippen molar-refractivity contribution in [3.05, 3.63) is 194 Å². The maximum atomic E-state index is 13.0. The number of phosphoric ester groups is 2. The zero-order valence-corrected chi connectivity index (χ0v) is 73.7. The van der Waals surface area contributed by atoms with Gasteiger partial charge in [0.05, 0.1) is 26.4 Å². The number of aliphatic hydroxyl groups excluding tert-OH is 2. The first-order chi connectivity index (χ1) is 56.2. The molecule has 0 aliphatic carbocycles. The third kappa shape index (κ3) is 89.0. The van der Waals surface area contributed by atoms with Crippen molar-refractivity contribution >= 4 is 33.6 Å². The maximum Gasteiger partial charge on any atom is 0.472 e. The largest absolute Gasteiger partial charge is 0.472 e. The predicted octanol–water partition coefficient (Wildman–Crippen LogP) is 27.4. The molecule has 0 heterocycles. The normalized spacial score (nSPS) is 14.7. The SMILES string of the molecule is CC/C=C\C/C=C\C/C=C\C/C=C\C/C=C\C/C=C\CCCCCCCCCCC(=O)OCC(COP(=O)(O)OCC(O)COP(=O)(O)OCC(O)COC(=O)CCCCCCCCCCCCCCCCCCC/C=C\C/C=C\C/C=C\C/C=C\CCCCC)OC(=O)CC/C=C\C/C=C\C/C=C\C/C=C\C/C=C\C/C=C\CC. The highest BCUT2D eigenvalue weighted by Gasteiger charge is 2.29. The molecule has 0 aromatic heterocycles. The average molecular weight is 1640 g/mol. The number of phosphoric acid groups is 2. The number of unbranched alkanes of at least 4 members (excludes halogenated alkanes) is 28. The van der Waals surface area contributed by atoms with Crippen LogP contribution in [0.2, 0.25) is 0 Å². The fraction of sp³-hybridized carbons (Fsp3) is 0.639. The van der Waals surface area contributed by atoms with Crippen LogP contribution in [0, 0.1) is 0 Å². The van der Waals surface area contributed by atoms with E-state index < -0.39 is 91.5 Å². The van der Waals surface area contributed by atoms with E-state index in [1.807, 2.05) is 18.2 Å². The summed E-state index contributed by atoms with van der Waals surface area (Å²) >= 11 is 0. The zero-order valence-electron chi connectivity index (χ0n) is 71.9. The van der Waals surface area contributed by atoms with Crippen molar-refractivity contribution in [1.29, 1.82) is 0 Å². The summed E-state index contributed by atoms with van der Waals surface area (Å²) in [6.45, 7) is 2.34. The first-order valence-electron chi connectivity index (χ1n) is 44.7. The fourth-order valence-corrected chi connectivity index (χ4v) is 13.2. The highest BCUT2D eigenvalue weighted by Crippen LogP contribution is 2.45. The quantitative estimate of drug-likeness (QED) is 0.0146. The molecule has 16 nitrogen and oxygen atoms in total. The highest BCUT2D eigenvalue weighted by molar-refractivity contribution is 7.47. The average Bonchev–Trinajstić information content (AvgIpc) is 0.902. The number of carbonyl (C=O) groups is 3. The standard InChI is InChI=1S/C97H160O16P2/c1-4-7-10-13-16-19-22-25-28-31-34-36-38-40-42-43-44-45-46-47-49-51-52-54-57-59-62-65-68-71-74-77-80-83-95(100)107-86-92(98)87-109-114(103,104)110-88-93(99)89-111-115(105,106)112-91-94(113-97(102)85-82-79-76-73-70-67-64-61-56-33-30-27-24-21-18-15-12-9-6-3)90-108-96(101)84-81-78-75-72-69-66-63-60-58-55-53-50-48-41-39-37-35-32-29-26-23-20-17-14-11-8-5-2/h8-9,11-12,16-21,25-30,34-37,40-42,48,53,55-56,61,67,70,76,79,92-94,98-99H,4-7,10,13-15,22-24,31-33,38-39,43-47,49-52,54,57-60,62-66,68-69,71-75,77-78,80-91H2,1-3H3,(H,103,104)(H,105,106)/b11-8-,12-9-,19-16-,20-17-,21-18-,28-25-,29-26-,30-27-,36-34-,37-35-,42-40-,48-41-,55-53-,61-56-,70-67-,79-76-. The Labute approximate surface area is 699 Å². The Balaban J connectivity index is 4.60. The minimum atomic E-state index is -4.97. The van der Waals surface area contributed by atoms with E-state index in [2.05, 4.69) is 197 Å². The van der Waals surface area contributed by atoms with Crippen LogP contribution >= 0.6 is 15.6 Å². The lowest BCUT2D eigenvalue weighted by molar-refractivity contribution is -0.161. The van der Waals surface area contributed by atoms with Gasteiger partial charge in [-0.3, -0.25) is 32.5 Å². The molecule has 0 amide bonds. The van der Waals surface area contributed by atoms with E-state index in [1.54, 1.807) is 0 Å². The van der Waals surface area contributed by atoms with E-state index in [4.69, 9.17) is 32.3 Å². The van der Waals surface area contributed by atoms with Crippen LogP contribution in [0.3, 0.4) is 0 Å². The van der Waals surface area contributed by atoms with Crippen molar-refractivity contribution in [1.82, 2.24) is 0 Å². The molecule has 18 heteroatoms. The maximum absolute atomic E-state index is 13.0. The van der Waals surface area contributed by atoms with Crippen LogP contribution in [0.25, 0.3) is 0 Å². The van der Waals surface area contributed by atoms with Crippen LogP contribution in [-0.2, 0) is 55.8 Å². The molecule has 0 radical (unpaired) electrons. The van der Waals surface area contributed by atoms with Crippen molar-refractivity contribution < 1.29 is 75.8 Å².